The first-order valence-electron chi connectivity index (χ1n) is 6.71. The first kappa shape index (κ1) is 14.5. The van der Waals surface area contributed by atoms with E-state index in [0.717, 1.165) is 11.1 Å². The van der Waals surface area contributed by atoms with Crippen LogP contribution in [-0.2, 0) is 20.7 Å². The molecule has 1 aliphatic rings. The van der Waals surface area contributed by atoms with Crippen molar-refractivity contribution in [3.63, 3.8) is 0 Å². The highest BCUT2D eigenvalue weighted by atomic mass is 16.5. The van der Waals surface area contributed by atoms with Gasteiger partial charge >= 0.3 is 5.97 Å². The summed E-state index contributed by atoms with van der Waals surface area (Å²) in [5.74, 6) is -0.878. The van der Waals surface area contributed by atoms with Gasteiger partial charge in [0.1, 0.15) is 0 Å². The minimum atomic E-state index is -0.900. The lowest BCUT2D eigenvalue weighted by Gasteiger charge is -2.32. The molecule has 20 heavy (non-hydrogen) atoms. The van der Waals surface area contributed by atoms with E-state index in [1.807, 2.05) is 31.2 Å². The van der Waals surface area contributed by atoms with Crippen LogP contribution in [0.25, 0.3) is 0 Å². The molecular formula is C15H19NO4. The number of hydrogen-bond donors (Lipinski definition) is 1. The van der Waals surface area contributed by atoms with Crippen LogP contribution >= 0.6 is 0 Å². The summed E-state index contributed by atoms with van der Waals surface area (Å²) < 4.78 is 5.36. The number of morpholine rings is 1. The average Bonchev–Trinajstić information content (AvgIpc) is 2.38. The second kappa shape index (κ2) is 6.52. The normalized spacial score (nSPS) is 18.9. The van der Waals surface area contributed by atoms with Gasteiger partial charge in [-0.3, -0.25) is 9.59 Å². The minimum absolute atomic E-state index is 0.0225. The molecule has 0 aliphatic carbocycles. The number of carbonyl (C=O) groups is 2. The number of carboxylic acid groups (broad SMARTS) is 1. The largest absolute Gasteiger partial charge is 0.481 e. The van der Waals surface area contributed by atoms with E-state index in [-0.39, 0.29) is 12.3 Å². The van der Waals surface area contributed by atoms with Gasteiger partial charge in [-0.25, -0.2) is 0 Å². The predicted molar refractivity (Wildman–Crippen MR) is 73.5 cm³/mol. The summed E-state index contributed by atoms with van der Waals surface area (Å²) >= 11 is 0. The first-order chi connectivity index (χ1) is 9.54. The second-order valence-electron chi connectivity index (χ2n) is 5.10. The van der Waals surface area contributed by atoms with E-state index in [1.54, 1.807) is 4.90 Å². The van der Waals surface area contributed by atoms with Gasteiger partial charge in [-0.15, -0.1) is 0 Å². The van der Waals surface area contributed by atoms with Crippen molar-refractivity contribution in [3.05, 3.63) is 35.4 Å². The number of carbonyl (C=O) groups excluding carboxylic acids is 1. The molecule has 0 bridgehead atoms. The van der Waals surface area contributed by atoms with E-state index < -0.39 is 12.1 Å². The van der Waals surface area contributed by atoms with Crippen LogP contribution in [0.15, 0.2) is 24.3 Å². The van der Waals surface area contributed by atoms with Gasteiger partial charge in [0.05, 0.1) is 25.6 Å². The van der Waals surface area contributed by atoms with E-state index in [4.69, 9.17) is 9.84 Å². The zero-order valence-corrected chi connectivity index (χ0v) is 11.5. The Labute approximate surface area is 118 Å². The number of hydrogen-bond acceptors (Lipinski definition) is 3. The summed E-state index contributed by atoms with van der Waals surface area (Å²) in [5.41, 5.74) is 2.11. The standard InChI is InChI=1S/C15H19NO4/c1-11-3-2-4-12(7-11)8-14(17)16-5-6-20-13(10-16)9-15(18)19/h2-4,7,13H,5-6,8-10H2,1H3,(H,18,19)/t13-/m1/s1. The molecule has 2 rings (SSSR count). The fourth-order valence-corrected chi connectivity index (χ4v) is 2.37. The Morgan fingerprint density at radius 3 is 2.95 bits per heavy atom. The van der Waals surface area contributed by atoms with Crippen LogP contribution in [0.2, 0.25) is 0 Å². The lowest BCUT2D eigenvalue weighted by atomic mass is 10.1. The number of aliphatic carboxylic acids is 1. The molecule has 1 amide bonds. The van der Waals surface area contributed by atoms with Gasteiger partial charge < -0.3 is 14.7 Å². The molecule has 1 fully saturated rings. The smallest absolute Gasteiger partial charge is 0.306 e. The summed E-state index contributed by atoms with van der Waals surface area (Å²) in [5, 5.41) is 8.77. The summed E-state index contributed by atoms with van der Waals surface area (Å²) in [6.45, 7) is 3.28. The summed E-state index contributed by atoms with van der Waals surface area (Å²) in [4.78, 5) is 24.6. The van der Waals surface area contributed by atoms with E-state index in [2.05, 4.69) is 0 Å². The van der Waals surface area contributed by atoms with Crippen molar-refractivity contribution < 1.29 is 19.4 Å². The molecule has 0 saturated carbocycles. The molecule has 0 unspecified atom stereocenters. The SMILES string of the molecule is Cc1cccc(CC(=O)N2CCO[C@H](CC(=O)O)C2)c1. The number of ether oxygens (including phenoxy) is 1. The number of carboxylic acids is 1. The van der Waals surface area contributed by atoms with Gasteiger partial charge in [-0.1, -0.05) is 29.8 Å². The van der Waals surface area contributed by atoms with Crippen molar-refractivity contribution in [2.24, 2.45) is 0 Å². The molecule has 0 spiro atoms. The van der Waals surface area contributed by atoms with Gasteiger partial charge in [0, 0.05) is 13.1 Å². The van der Waals surface area contributed by atoms with E-state index >= 15 is 0 Å². The lowest BCUT2D eigenvalue weighted by Crippen LogP contribution is -2.46. The Hall–Kier alpha value is -1.88. The molecule has 1 saturated heterocycles. The highest BCUT2D eigenvalue weighted by molar-refractivity contribution is 5.79. The Morgan fingerprint density at radius 2 is 2.25 bits per heavy atom. The number of benzene rings is 1. The van der Waals surface area contributed by atoms with Crippen LogP contribution in [0, 0.1) is 6.92 Å². The predicted octanol–water partition coefficient (Wildman–Crippen LogP) is 1.24. The highest BCUT2D eigenvalue weighted by Gasteiger charge is 2.25. The minimum Gasteiger partial charge on any atom is -0.481 e. The van der Waals surface area contributed by atoms with Gasteiger partial charge in [0.2, 0.25) is 5.91 Å². The van der Waals surface area contributed by atoms with Crippen LogP contribution in [-0.4, -0.2) is 47.7 Å². The van der Waals surface area contributed by atoms with Crippen molar-refractivity contribution in [2.75, 3.05) is 19.7 Å². The molecule has 5 nitrogen and oxygen atoms in total. The maximum Gasteiger partial charge on any atom is 0.306 e. The summed E-state index contributed by atoms with van der Waals surface area (Å²) in [6, 6.07) is 7.85. The quantitative estimate of drug-likeness (QED) is 0.899. The first-order valence-corrected chi connectivity index (χ1v) is 6.71. The number of nitrogens with zero attached hydrogens (tertiary/aromatic N) is 1. The molecule has 1 aromatic rings. The zero-order valence-electron chi connectivity index (χ0n) is 11.5. The van der Waals surface area contributed by atoms with Gasteiger partial charge in [-0.05, 0) is 12.5 Å². The molecule has 1 atom stereocenters. The maximum absolute atomic E-state index is 12.2. The van der Waals surface area contributed by atoms with Crippen LogP contribution in [0.1, 0.15) is 17.5 Å². The summed E-state index contributed by atoms with van der Waals surface area (Å²) in [6.07, 6.45) is -0.113. The maximum atomic E-state index is 12.2. The number of amides is 1. The molecular weight excluding hydrogens is 258 g/mol. The third-order valence-corrected chi connectivity index (χ3v) is 3.33. The molecule has 0 aromatic heterocycles. The van der Waals surface area contributed by atoms with Crippen LogP contribution in [0.3, 0.4) is 0 Å². The zero-order chi connectivity index (χ0) is 14.5. The monoisotopic (exact) mass is 277 g/mol. The van der Waals surface area contributed by atoms with Gasteiger partial charge in [0.15, 0.2) is 0 Å². The van der Waals surface area contributed by atoms with E-state index in [9.17, 15) is 9.59 Å². The molecule has 1 N–H and O–H groups in total. The van der Waals surface area contributed by atoms with Crippen molar-refractivity contribution in [1.29, 1.82) is 0 Å². The molecule has 1 heterocycles. The van der Waals surface area contributed by atoms with Gasteiger partial charge in [0.25, 0.3) is 0 Å². The Balaban J connectivity index is 1.93. The fraction of sp³-hybridized carbons (Fsp3) is 0.467. The second-order valence-corrected chi connectivity index (χ2v) is 5.10. The number of rotatable bonds is 4. The number of aryl methyl sites for hydroxylation is 1. The van der Waals surface area contributed by atoms with Crippen molar-refractivity contribution in [2.45, 2.75) is 25.9 Å². The van der Waals surface area contributed by atoms with Crippen molar-refractivity contribution in [1.82, 2.24) is 4.90 Å². The highest BCUT2D eigenvalue weighted by Crippen LogP contribution is 2.12. The Bertz CT molecular complexity index is 500. The van der Waals surface area contributed by atoms with Crippen LogP contribution in [0.5, 0.6) is 0 Å². The van der Waals surface area contributed by atoms with Crippen molar-refractivity contribution in [3.8, 4) is 0 Å². The third kappa shape index (κ3) is 4.06. The summed E-state index contributed by atoms with van der Waals surface area (Å²) in [7, 11) is 0. The lowest BCUT2D eigenvalue weighted by molar-refractivity contribution is -0.147. The Morgan fingerprint density at radius 1 is 1.45 bits per heavy atom. The molecule has 0 radical (unpaired) electrons. The molecule has 5 heteroatoms. The molecule has 1 aliphatic heterocycles. The van der Waals surface area contributed by atoms with E-state index in [0.29, 0.717) is 26.1 Å². The third-order valence-electron chi connectivity index (χ3n) is 3.33. The van der Waals surface area contributed by atoms with Crippen LogP contribution < -0.4 is 0 Å². The molecule has 1 aromatic carbocycles. The van der Waals surface area contributed by atoms with Crippen molar-refractivity contribution >= 4 is 11.9 Å². The van der Waals surface area contributed by atoms with Gasteiger partial charge in [-0.2, -0.15) is 0 Å². The van der Waals surface area contributed by atoms with E-state index in [1.165, 1.54) is 0 Å². The average molecular weight is 277 g/mol. The fourth-order valence-electron chi connectivity index (χ4n) is 2.37. The Kier molecular flexibility index (Phi) is 4.74. The molecule has 108 valence electrons. The topological polar surface area (TPSA) is 66.8 Å². The van der Waals surface area contributed by atoms with Crippen LogP contribution in [0.4, 0.5) is 0 Å².